The Morgan fingerprint density at radius 2 is 2.20 bits per heavy atom. The minimum Gasteiger partial charge on any atom is -0.480 e. The summed E-state index contributed by atoms with van der Waals surface area (Å²) < 4.78 is 1.62. The van der Waals surface area contributed by atoms with Gasteiger partial charge in [-0.2, -0.15) is 5.10 Å². The van der Waals surface area contributed by atoms with Crippen LogP contribution in [0.2, 0.25) is 0 Å². The fraction of sp³-hybridized carbons (Fsp3) is 0.700. The quantitative estimate of drug-likeness (QED) is 0.789. The molecule has 80 valence electrons. The number of hydrogen-bond donors (Lipinski definition) is 1. The number of carboxylic acids is 1. The molecule has 1 aliphatic carbocycles. The summed E-state index contributed by atoms with van der Waals surface area (Å²) in [4.78, 5) is 15.5. The van der Waals surface area contributed by atoms with Gasteiger partial charge in [0.05, 0.1) is 0 Å². The second kappa shape index (κ2) is 3.05. The van der Waals surface area contributed by atoms with Crippen molar-refractivity contribution in [2.24, 2.45) is 0 Å². The third kappa shape index (κ3) is 1.42. The maximum Gasteiger partial charge on any atom is 0.328 e. The Balaban J connectivity index is 1.98. The van der Waals surface area contributed by atoms with E-state index in [0.717, 1.165) is 37.3 Å². The van der Waals surface area contributed by atoms with Gasteiger partial charge in [-0.1, -0.05) is 0 Å². The molecule has 2 aliphatic rings. The summed E-state index contributed by atoms with van der Waals surface area (Å²) in [5.41, 5.74) is 0. The topological polar surface area (TPSA) is 68.0 Å². The number of nitrogens with zero attached hydrogens (tertiary/aromatic N) is 3. The number of fused-ring (bicyclic) bond motifs is 1. The first-order valence-electron chi connectivity index (χ1n) is 5.44. The highest BCUT2D eigenvalue weighted by atomic mass is 16.4. The summed E-state index contributed by atoms with van der Waals surface area (Å²) in [6.07, 6.45) is 4.75. The lowest BCUT2D eigenvalue weighted by atomic mass is 10.1. The van der Waals surface area contributed by atoms with Crippen molar-refractivity contribution >= 4 is 5.97 Å². The molecule has 1 aliphatic heterocycles. The first-order valence-corrected chi connectivity index (χ1v) is 5.44. The summed E-state index contributed by atoms with van der Waals surface area (Å²) in [5.74, 6) is 1.43. The Labute approximate surface area is 87.1 Å². The smallest absolute Gasteiger partial charge is 0.328 e. The number of aliphatic carboxylic acids is 1. The summed E-state index contributed by atoms with van der Waals surface area (Å²) >= 11 is 0. The van der Waals surface area contributed by atoms with Gasteiger partial charge in [-0.15, -0.1) is 0 Å². The molecule has 0 bridgehead atoms. The highest BCUT2D eigenvalue weighted by Gasteiger charge is 2.33. The molecular weight excluding hydrogens is 194 g/mol. The molecule has 2 heterocycles. The van der Waals surface area contributed by atoms with Crippen LogP contribution in [0.25, 0.3) is 0 Å². The number of hydrogen-bond acceptors (Lipinski definition) is 3. The van der Waals surface area contributed by atoms with E-state index in [4.69, 9.17) is 5.11 Å². The fourth-order valence-corrected chi connectivity index (χ4v) is 2.11. The second-order valence-corrected chi connectivity index (χ2v) is 4.35. The number of rotatable bonds is 2. The normalized spacial score (nSPS) is 24.9. The highest BCUT2D eigenvalue weighted by Crippen LogP contribution is 2.39. The minimum absolute atomic E-state index is 0.492. The lowest BCUT2D eigenvalue weighted by Gasteiger charge is -2.19. The average Bonchev–Trinajstić information content (AvgIpc) is 2.96. The zero-order valence-corrected chi connectivity index (χ0v) is 8.39. The van der Waals surface area contributed by atoms with Crippen LogP contribution >= 0.6 is 0 Å². The molecule has 0 amide bonds. The number of aromatic nitrogens is 3. The van der Waals surface area contributed by atoms with Crippen molar-refractivity contribution in [3.05, 3.63) is 11.6 Å². The van der Waals surface area contributed by atoms with E-state index in [9.17, 15) is 4.79 Å². The lowest BCUT2D eigenvalue weighted by Crippen LogP contribution is -2.26. The largest absolute Gasteiger partial charge is 0.480 e. The number of carbonyl (C=O) groups is 1. The zero-order chi connectivity index (χ0) is 10.4. The molecule has 1 fully saturated rings. The fourth-order valence-electron chi connectivity index (χ4n) is 2.11. The van der Waals surface area contributed by atoms with E-state index in [1.54, 1.807) is 4.68 Å². The maximum absolute atomic E-state index is 11.0. The monoisotopic (exact) mass is 207 g/mol. The number of carboxylic acid groups (broad SMARTS) is 1. The van der Waals surface area contributed by atoms with Gasteiger partial charge in [0.1, 0.15) is 5.82 Å². The van der Waals surface area contributed by atoms with Crippen molar-refractivity contribution < 1.29 is 9.90 Å². The Bertz CT molecular complexity index is 409. The maximum atomic E-state index is 11.0. The summed E-state index contributed by atoms with van der Waals surface area (Å²) in [6, 6.07) is -0.492. The van der Waals surface area contributed by atoms with E-state index in [0.29, 0.717) is 12.3 Å². The van der Waals surface area contributed by atoms with Crippen LogP contribution in [0.15, 0.2) is 0 Å². The molecule has 5 nitrogen and oxygen atoms in total. The van der Waals surface area contributed by atoms with Crippen LogP contribution in [0, 0.1) is 0 Å². The van der Waals surface area contributed by atoms with E-state index < -0.39 is 12.0 Å². The van der Waals surface area contributed by atoms with E-state index >= 15 is 0 Å². The zero-order valence-electron chi connectivity index (χ0n) is 8.39. The van der Waals surface area contributed by atoms with Crippen LogP contribution in [-0.4, -0.2) is 25.8 Å². The Morgan fingerprint density at radius 3 is 2.87 bits per heavy atom. The van der Waals surface area contributed by atoms with Gasteiger partial charge in [0.2, 0.25) is 0 Å². The van der Waals surface area contributed by atoms with E-state index in [1.807, 2.05) is 0 Å². The van der Waals surface area contributed by atoms with Crippen molar-refractivity contribution in [3.63, 3.8) is 0 Å². The first-order chi connectivity index (χ1) is 7.25. The molecular formula is C10H13N3O2. The second-order valence-electron chi connectivity index (χ2n) is 4.35. The Hall–Kier alpha value is -1.39. The van der Waals surface area contributed by atoms with Gasteiger partial charge in [0.25, 0.3) is 0 Å². The molecule has 1 aromatic rings. The van der Waals surface area contributed by atoms with Gasteiger partial charge in [-0.3, -0.25) is 0 Å². The van der Waals surface area contributed by atoms with Gasteiger partial charge in [0.15, 0.2) is 11.9 Å². The predicted molar refractivity (Wildman–Crippen MR) is 51.6 cm³/mol. The van der Waals surface area contributed by atoms with Crippen molar-refractivity contribution in [1.82, 2.24) is 14.8 Å². The van der Waals surface area contributed by atoms with E-state index in [2.05, 4.69) is 10.1 Å². The van der Waals surface area contributed by atoms with Crippen LogP contribution in [0.3, 0.4) is 0 Å². The van der Waals surface area contributed by atoms with Crippen LogP contribution in [0.4, 0.5) is 0 Å². The molecule has 0 saturated heterocycles. The van der Waals surface area contributed by atoms with Gasteiger partial charge in [0, 0.05) is 12.3 Å². The van der Waals surface area contributed by atoms with E-state index in [-0.39, 0.29) is 0 Å². The van der Waals surface area contributed by atoms with Gasteiger partial charge in [-0.25, -0.2) is 14.5 Å². The molecule has 1 saturated carbocycles. The van der Waals surface area contributed by atoms with Crippen LogP contribution in [0.1, 0.15) is 49.3 Å². The third-order valence-electron chi connectivity index (χ3n) is 3.12. The molecule has 1 aromatic heterocycles. The minimum atomic E-state index is -0.789. The van der Waals surface area contributed by atoms with Crippen molar-refractivity contribution in [3.8, 4) is 0 Å². The Kier molecular flexibility index (Phi) is 1.81. The van der Waals surface area contributed by atoms with Crippen molar-refractivity contribution in [2.45, 2.75) is 44.1 Å². The molecule has 5 heteroatoms. The molecule has 0 aromatic carbocycles. The highest BCUT2D eigenvalue weighted by molar-refractivity contribution is 5.71. The van der Waals surface area contributed by atoms with Crippen LogP contribution in [0.5, 0.6) is 0 Å². The standard InChI is InChI=1S/C10H13N3O2/c14-10(15)7-2-1-3-8-11-9(6-4-5-6)12-13(7)8/h6-7H,1-5H2,(H,14,15). The molecule has 15 heavy (non-hydrogen) atoms. The Morgan fingerprint density at radius 1 is 1.40 bits per heavy atom. The van der Waals surface area contributed by atoms with Crippen LogP contribution < -0.4 is 0 Å². The SMILES string of the molecule is O=C(O)C1CCCc2nc(C3CC3)nn21. The van der Waals surface area contributed by atoms with E-state index in [1.165, 1.54) is 0 Å². The third-order valence-corrected chi connectivity index (χ3v) is 3.12. The first kappa shape index (κ1) is 8.88. The molecule has 3 rings (SSSR count). The van der Waals surface area contributed by atoms with Gasteiger partial charge in [-0.05, 0) is 25.7 Å². The van der Waals surface area contributed by atoms with Crippen molar-refractivity contribution in [2.75, 3.05) is 0 Å². The van der Waals surface area contributed by atoms with Gasteiger partial charge >= 0.3 is 5.97 Å². The molecule has 1 unspecified atom stereocenters. The summed E-state index contributed by atoms with van der Waals surface area (Å²) in [7, 11) is 0. The average molecular weight is 207 g/mol. The van der Waals surface area contributed by atoms with Crippen LogP contribution in [-0.2, 0) is 11.2 Å². The summed E-state index contributed by atoms with van der Waals surface area (Å²) in [6.45, 7) is 0. The molecule has 0 radical (unpaired) electrons. The number of aryl methyl sites for hydroxylation is 1. The molecule has 0 spiro atoms. The summed E-state index contributed by atoms with van der Waals surface area (Å²) in [5, 5.41) is 13.4. The van der Waals surface area contributed by atoms with Gasteiger partial charge < -0.3 is 5.11 Å². The molecule has 1 atom stereocenters. The molecule has 1 N–H and O–H groups in total. The predicted octanol–water partition coefficient (Wildman–Crippen LogP) is 1.12. The lowest BCUT2D eigenvalue weighted by molar-refractivity contribution is -0.141. The van der Waals surface area contributed by atoms with Crippen molar-refractivity contribution in [1.29, 1.82) is 0 Å².